The van der Waals surface area contributed by atoms with Gasteiger partial charge in [0, 0.05) is 11.3 Å². The molecule has 25 heavy (non-hydrogen) atoms. The van der Waals surface area contributed by atoms with Crippen LogP contribution in [0.5, 0.6) is 0 Å². The lowest BCUT2D eigenvalue weighted by molar-refractivity contribution is 1.05. The Morgan fingerprint density at radius 3 is 2.08 bits per heavy atom. The highest BCUT2D eigenvalue weighted by atomic mass is 15.1. The molecule has 124 valence electrons. The molecule has 2 heteroatoms. The first kappa shape index (κ1) is 16.7. The van der Waals surface area contributed by atoms with E-state index in [1.54, 1.807) is 0 Å². The largest absolute Gasteiger partial charge is 0.292 e. The molecular formula is C23H22N2. The summed E-state index contributed by atoms with van der Waals surface area (Å²) in [6.45, 7) is 4.04. The predicted molar refractivity (Wildman–Crippen MR) is 108 cm³/mol. The van der Waals surface area contributed by atoms with E-state index in [2.05, 4.69) is 59.2 Å². The number of para-hydroxylation sites is 1. The maximum Gasteiger partial charge on any atom is 0.145 e. The molecule has 1 aromatic heterocycles. The second-order valence-corrected chi connectivity index (χ2v) is 5.63. The normalized spacial score (nSPS) is 11.9. The number of allylic oxidation sites excluding steroid dienone is 4. The van der Waals surface area contributed by atoms with Crippen LogP contribution < -0.4 is 0 Å². The van der Waals surface area contributed by atoms with Gasteiger partial charge in [-0.2, -0.15) is 0 Å². The van der Waals surface area contributed by atoms with Crippen LogP contribution in [0.15, 0.2) is 85.0 Å². The zero-order valence-electron chi connectivity index (χ0n) is 14.6. The maximum absolute atomic E-state index is 4.94. The molecule has 2 nitrogen and oxygen atoms in total. The van der Waals surface area contributed by atoms with Gasteiger partial charge < -0.3 is 0 Å². The minimum Gasteiger partial charge on any atom is -0.292 e. The van der Waals surface area contributed by atoms with Crippen molar-refractivity contribution >= 4 is 12.2 Å². The topological polar surface area (TPSA) is 17.8 Å². The van der Waals surface area contributed by atoms with Crippen molar-refractivity contribution in [3.05, 3.63) is 96.4 Å². The van der Waals surface area contributed by atoms with Crippen LogP contribution in [0.25, 0.3) is 29.2 Å². The van der Waals surface area contributed by atoms with E-state index in [1.807, 2.05) is 56.3 Å². The van der Waals surface area contributed by atoms with Gasteiger partial charge in [0.15, 0.2) is 0 Å². The summed E-state index contributed by atoms with van der Waals surface area (Å²) >= 11 is 0. The molecule has 0 N–H and O–H groups in total. The Kier molecular flexibility index (Phi) is 5.43. The van der Waals surface area contributed by atoms with Crippen LogP contribution in [0.1, 0.15) is 25.2 Å². The van der Waals surface area contributed by atoms with E-state index in [0.717, 1.165) is 28.5 Å². The maximum atomic E-state index is 4.94. The molecule has 0 aliphatic heterocycles. The average molecular weight is 326 g/mol. The molecule has 0 bridgehead atoms. The number of imidazole rings is 1. The molecule has 0 radical (unpaired) electrons. The van der Waals surface area contributed by atoms with Crippen molar-refractivity contribution < 1.29 is 0 Å². The van der Waals surface area contributed by atoms with E-state index in [1.165, 1.54) is 0 Å². The zero-order chi connectivity index (χ0) is 17.5. The molecule has 0 saturated heterocycles. The molecule has 0 saturated carbocycles. The Morgan fingerprint density at radius 2 is 1.44 bits per heavy atom. The molecule has 0 fully saturated rings. The van der Waals surface area contributed by atoms with Crippen LogP contribution >= 0.6 is 0 Å². The third-order valence-electron chi connectivity index (χ3n) is 3.87. The third kappa shape index (κ3) is 3.69. The monoisotopic (exact) mass is 326 g/mol. The highest BCUT2D eigenvalue weighted by molar-refractivity contribution is 5.70. The number of hydrogen-bond acceptors (Lipinski definition) is 1. The standard InChI is InChI=1S/C23H22N2/c1-3-5-8-18-21-22(13-4-2)25(20-16-11-7-12-17-20)23(24-21)19-14-9-6-10-15-19/h3-18H,1-2H3/b5-3-,13-4+,18-8-. The van der Waals surface area contributed by atoms with E-state index in [-0.39, 0.29) is 0 Å². The summed E-state index contributed by atoms with van der Waals surface area (Å²) in [5.41, 5.74) is 4.24. The van der Waals surface area contributed by atoms with Gasteiger partial charge >= 0.3 is 0 Å². The first-order valence-electron chi connectivity index (χ1n) is 8.50. The van der Waals surface area contributed by atoms with Crippen molar-refractivity contribution in [2.24, 2.45) is 0 Å². The Morgan fingerprint density at radius 1 is 0.760 bits per heavy atom. The second kappa shape index (κ2) is 8.11. The molecule has 3 rings (SSSR count). The van der Waals surface area contributed by atoms with Gasteiger partial charge in [0.1, 0.15) is 5.82 Å². The van der Waals surface area contributed by atoms with Crippen LogP contribution in [-0.4, -0.2) is 9.55 Å². The van der Waals surface area contributed by atoms with Crippen LogP contribution in [-0.2, 0) is 0 Å². The Hall–Kier alpha value is -3.13. The highest BCUT2D eigenvalue weighted by Gasteiger charge is 2.16. The Balaban J connectivity index is 2.28. The molecule has 3 aromatic rings. The van der Waals surface area contributed by atoms with Crippen molar-refractivity contribution in [2.45, 2.75) is 13.8 Å². The quantitative estimate of drug-likeness (QED) is 0.513. The van der Waals surface area contributed by atoms with Gasteiger partial charge in [-0.1, -0.05) is 72.8 Å². The van der Waals surface area contributed by atoms with Crippen molar-refractivity contribution in [1.82, 2.24) is 9.55 Å². The van der Waals surface area contributed by atoms with Crippen molar-refractivity contribution in [2.75, 3.05) is 0 Å². The summed E-state index contributed by atoms with van der Waals surface area (Å²) in [7, 11) is 0. The van der Waals surface area contributed by atoms with Gasteiger partial charge in [-0.3, -0.25) is 4.57 Å². The summed E-state index contributed by atoms with van der Waals surface area (Å²) in [5, 5.41) is 0. The van der Waals surface area contributed by atoms with Crippen molar-refractivity contribution in [1.29, 1.82) is 0 Å². The predicted octanol–water partition coefficient (Wildman–Crippen LogP) is 6.16. The number of aromatic nitrogens is 2. The van der Waals surface area contributed by atoms with E-state index >= 15 is 0 Å². The van der Waals surface area contributed by atoms with Crippen molar-refractivity contribution in [3.8, 4) is 17.1 Å². The van der Waals surface area contributed by atoms with E-state index in [4.69, 9.17) is 4.98 Å². The second-order valence-electron chi connectivity index (χ2n) is 5.63. The van der Waals surface area contributed by atoms with Crippen LogP contribution in [0.4, 0.5) is 0 Å². The Labute approximate surface area is 149 Å². The zero-order valence-corrected chi connectivity index (χ0v) is 14.6. The van der Waals surface area contributed by atoms with Crippen LogP contribution in [0.3, 0.4) is 0 Å². The molecule has 2 aromatic carbocycles. The lowest BCUT2D eigenvalue weighted by Gasteiger charge is -2.10. The van der Waals surface area contributed by atoms with Gasteiger partial charge in [0.25, 0.3) is 0 Å². The summed E-state index contributed by atoms with van der Waals surface area (Å²) in [5.74, 6) is 0.944. The molecule has 0 aliphatic rings. The lowest BCUT2D eigenvalue weighted by Crippen LogP contribution is -1.99. The smallest absolute Gasteiger partial charge is 0.145 e. The van der Waals surface area contributed by atoms with Crippen LogP contribution in [0.2, 0.25) is 0 Å². The summed E-state index contributed by atoms with van der Waals surface area (Å²) in [4.78, 5) is 4.94. The molecular weight excluding hydrogens is 304 g/mol. The molecule has 0 spiro atoms. The number of hydrogen-bond donors (Lipinski definition) is 0. The van der Waals surface area contributed by atoms with E-state index in [0.29, 0.717) is 0 Å². The molecule has 0 amide bonds. The summed E-state index contributed by atoms with van der Waals surface area (Å²) < 4.78 is 2.21. The van der Waals surface area contributed by atoms with Gasteiger partial charge in [-0.15, -0.1) is 0 Å². The van der Waals surface area contributed by atoms with Gasteiger partial charge in [0.2, 0.25) is 0 Å². The lowest BCUT2D eigenvalue weighted by atomic mass is 10.2. The van der Waals surface area contributed by atoms with Gasteiger partial charge in [0.05, 0.1) is 11.4 Å². The number of benzene rings is 2. The van der Waals surface area contributed by atoms with Crippen molar-refractivity contribution in [3.63, 3.8) is 0 Å². The van der Waals surface area contributed by atoms with Crippen LogP contribution in [0, 0.1) is 0 Å². The van der Waals surface area contributed by atoms with Gasteiger partial charge in [-0.05, 0) is 38.1 Å². The molecule has 1 heterocycles. The minimum absolute atomic E-state index is 0.944. The third-order valence-corrected chi connectivity index (χ3v) is 3.87. The van der Waals surface area contributed by atoms with E-state index < -0.39 is 0 Å². The first-order chi connectivity index (χ1) is 12.3. The fourth-order valence-corrected chi connectivity index (χ4v) is 2.77. The SMILES string of the molecule is C/C=C\C=C/c1nc(-c2ccccc2)n(-c2ccccc2)c1/C=C/C. The average Bonchev–Trinajstić information content (AvgIpc) is 3.02. The summed E-state index contributed by atoms with van der Waals surface area (Å²) in [6.07, 6.45) is 12.3. The molecule has 0 unspecified atom stereocenters. The minimum atomic E-state index is 0.944. The Bertz CT molecular complexity index is 898. The van der Waals surface area contributed by atoms with E-state index in [9.17, 15) is 0 Å². The summed E-state index contributed by atoms with van der Waals surface area (Å²) in [6, 6.07) is 20.7. The molecule has 0 aliphatic carbocycles. The fraction of sp³-hybridized carbons (Fsp3) is 0.0870. The van der Waals surface area contributed by atoms with Gasteiger partial charge in [-0.25, -0.2) is 4.98 Å². The fourth-order valence-electron chi connectivity index (χ4n) is 2.77. The number of nitrogens with zero attached hydrogens (tertiary/aromatic N) is 2. The number of rotatable bonds is 5. The molecule has 0 atom stereocenters. The first-order valence-corrected chi connectivity index (χ1v) is 8.50. The highest BCUT2D eigenvalue weighted by Crippen LogP contribution is 2.28.